The Labute approximate surface area is 86.1 Å². The molecular formula is C9H12N4O2. The Hall–Kier alpha value is -1.85. The number of nitrogens with zero attached hydrogens (tertiary/aromatic N) is 4. The first-order valence-corrected chi connectivity index (χ1v) is 4.74. The summed E-state index contributed by atoms with van der Waals surface area (Å²) >= 11 is 0. The molecule has 0 aromatic carbocycles. The van der Waals surface area contributed by atoms with Crippen LogP contribution in [-0.4, -0.2) is 30.6 Å². The van der Waals surface area contributed by atoms with Gasteiger partial charge in [0.1, 0.15) is 17.6 Å². The van der Waals surface area contributed by atoms with Gasteiger partial charge in [0.05, 0.1) is 11.9 Å². The SMILES string of the molecule is CCn1nc(C)c2nn(CC(=O)O)cc21. The van der Waals surface area contributed by atoms with Crippen LogP contribution >= 0.6 is 0 Å². The average Bonchev–Trinajstić information content (AvgIpc) is 2.66. The van der Waals surface area contributed by atoms with Gasteiger partial charge in [0.25, 0.3) is 0 Å². The lowest BCUT2D eigenvalue weighted by Gasteiger charge is -1.96. The van der Waals surface area contributed by atoms with E-state index < -0.39 is 5.97 Å². The normalized spacial score (nSPS) is 11.1. The molecule has 0 aliphatic carbocycles. The summed E-state index contributed by atoms with van der Waals surface area (Å²) in [6.45, 7) is 4.49. The van der Waals surface area contributed by atoms with Crippen molar-refractivity contribution in [2.75, 3.05) is 0 Å². The molecule has 0 aliphatic rings. The van der Waals surface area contributed by atoms with Crippen molar-refractivity contribution < 1.29 is 9.90 Å². The summed E-state index contributed by atoms with van der Waals surface area (Å²) in [6.07, 6.45) is 1.72. The molecule has 0 saturated heterocycles. The van der Waals surface area contributed by atoms with Crippen LogP contribution in [0.5, 0.6) is 0 Å². The van der Waals surface area contributed by atoms with E-state index in [4.69, 9.17) is 5.11 Å². The van der Waals surface area contributed by atoms with E-state index in [0.717, 1.165) is 23.3 Å². The molecule has 0 amide bonds. The van der Waals surface area contributed by atoms with Crippen LogP contribution in [0, 0.1) is 6.92 Å². The molecule has 6 nitrogen and oxygen atoms in total. The molecule has 15 heavy (non-hydrogen) atoms. The fraction of sp³-hybridized carbons (Fsp3) is 0.444. The summed E-state index contributed by atoms with van der Waals surface area (Å²) in [5.74, 6) is -0.895. The van der Waals surface area contributed by atoms with Crippen molar-refractivity contribution in [3.8, 4) is 0 Å². The second-order valence-corrected chi connectivity index (χ2v) is 3.36. The topological polar surface area (TPSA) is 72.9 Å². The second kappa shape index (κ2) is 3.38. The largest absolute Gasteiger partial charge is 0.480 e. The van der Waals surface area contributed by atoms with E-state index in [1.807, 2.05) is 18.5 Å². The van der Waals surface area contributed by atoms with Crippen LogP contribution in [0.25, 0.3) is 11.0 Å². The molecule has 0 atom stereocenters. The predicted molar refractivity (Wildman–Crippen MR) is 53.6 cm³/mol. The minimum atomic E-state index is -0.895. The zero-order valence-electron chi connectivity index (χ0n) is 8.64. The molecule has 80 valence electrons. The molecule has 0 aliphatic heterocycles. The van der Waals surface area contributed by atoms with Crippen molar-refractivity contribution in [3.63, 3.8) is 0 Å². The average molecular weight is 208 g/mol. The molecule has 0 radical (unpaired) electrons. The van der Waals surface area contributed by atoms with Gasteiger partial charge < -0.3 is 5.11 Å². The quantitative estimate of drug-likeness (QED) is 0.803. The van der Waals surface area contributed by atoms with E-state index >= 15 is 0 Å². The summed E-state index contributed by atoms with van der Waals surface area (Å²) in [5.41, 5.74) is 2.49. The molecule has 0 spiro atoms. The number of hydrogen-bond donors (Lipinski definition) is 1. The maximum atomic E-state index is 10.5. The number of aryl methyl sites for hydroxylation is 2. The van der Waals surface area contributed by atoms with Crippen molar-refractivity contribution in [3.05, 3.63) is 11.9 Å². The summed E-state index contributed by atoms with van der Waals surface area (Å²) in [5, 5.41) is 17.1. The minimum absolute atomic E-state index is 0.113. The molecule has 0 saturated carbocycles. The fourth-order valence-electron chi connectivity index (χ4n) is 1.60. The minimum Gasteiger partial charge on any atom is -0.480 e. The molecule has 2 rings (SSSR count). The van der Waals surface area contributed by atoms with Crippen LogP contribution in [0.4, 0.5) is 0 Å². The van der Waals surface area contributed by atoms with Crippen LogP contribution in [-0.2, 0) is 17.9 Å². The zero-order valence-corrected chi connectivity index (χ0v) is 8.64. The standard InChI is InChI=1S/C9H12N4O2/c1-3-13-7-4-12(5-8(14)15)11-9(7)6(2)10-13/h4H,3,5H2,1-2H3,(H,14,15). The van der Waals surface area contributed by atoms with Gasteiger partial charge in [-0.1, -0.05) is 0 Å². The number of hydrogen-bond acceptors (Lipinski definition) is 3. The fourth-order valence-corrected chi connectivity index (χ4v) is 1.60. The van der Waals surface area contributed by atoms with Gasteiger partial charge in [0, 0.05) is 6.54 Å². The van der Waals surface area contributed by atoms with E-state index in [1.54, 1.807) is 6.20 Å². The smallest absolute Gasteiger partial charge is 0.325 e. The highest BCUT2D eigenvalue weighted by Crippen LogP contribution is 2.15. The van der Waals surface area contributed by atoms with Gasteiger partial charge in [-0.3, -0.25) is 14.2 Å². The maximum Gasteiger partial charge on any atom is 0.325 e. The highest BCUT2D eigenvalue weighted by Gasteiger charge is 2.11. The van der Waals surface area contributed by atoms with Crippen LogP contribution in [0.1, 0.15) is 12.6 Å². The molecule has 0 unspecified atom stereocenters. The van der Waals surface area contributed by atoms with Crippen molar-refractivity contribution in [1.29, 1.82) is 0 Å². The number of aliphatic carboxylic acids is 1. The second-order valence-electron chi connectivity index (χ2n) is 3.36. The summed E-state index contributed by atoms with van der Waals surface area (Å²) in [7, 11) is 0. The van der Waals surface area contributed by atoms with Gasteiger partial charge in [0.15, 0.2) is 0 Å². The van der Waals surface area contributed by atoms with Crippen molar-refractivity contribution in [1.82, 2.24) is 19.6 Å². The Morgan fingerprint density at radius 2 is 2.27 bits per heavy atom. The van der Waals surface area contributed by atoms with E-state index in [1.165, 1.54) is 4.68 Å². The Bertz CT molecular complexity index is 511. The van der Waals surface area contributed by atoms with Crippen LogP contribution in [0.3, 0.4) is 0 Å². The number of fused-ring (bicyclic) bond motifs is 1. The summed E-state index contributed by atoms with van der Waals surface area (Å²) in [6, 6.07) is 0. The summed E-state index contributed by atoms with van der Waals surface area (Å²) in [4.78, 5) is 10.5. The van der Waals surface area contributed by atoms with Crippen molar-refractivity contribution >= 4 is 17.0 Å². The highest BCUT2D eigenvalue weighted by molar-refractivity contribution is 5.77. The van der Waals surface area contributed by atoms with Gasteiger partial charge >= 0.3 is 5.97 Å². The molecule has 0 bridgehead atoms. The Kier molecular flexibility index (Phi) is 2.18. The third-order valence-corrected chi connectivity index (χ3v) is 2.23. The van der Waals surface area contributed by atoms with Gasteiger partial charge in [-0.2, -0.15) is 10.2 Å². The molecule has 6 heteroatoms. The molecule has 0 fully saturated rings. The van der Waals surface area contributed by atoms with E-state index in [9.17, 15) is 4.79 Å². The molecule has 2 heterocycles. The number of carboxylic acid groups (broad SMARTS) is 1. The Balaban J connectivity index is 2.50. The lowest BCUT2D eigenvalue weighted by atomic mass is 10.4. The lowest BCUT2D eigenvalue weighted by molar-refractivity contribution is -0.137. The number of aromatic nitrogens is 4. The highest BCUT2D eigenvalue weighted by atomic mass is 16.4. The molecule has 2 aromatic rings. The molecular weight excluding hydrogens is 196 g/mol. The lowest BCUT2D eigenvalue weighted by Crippen LogP contribution is -2.09. The number of carboxylic acids is 1. The Morgan fingerprint density at radius 3 is 2.87 bits per heavy atom. The molecule has 2 aromatic heterocycles. The first-order valence-electron chi connectivity index (χ1n) is 4.74. The first-order chi connectivity index (χ1) is 7.11. The van der Waals surface area contributed by atoms with Crippen LogP contribution in [0.15, 0.2) is 6.20 Å². The van der Waals surface area contributed by atoms with Gasteiger partial charge in [-0.15, -0.1) is 0 Å². The maximum absolute atomic E-state index is 10.5. The van der Waals surface area contributed by atoms with Gasteiger partial charge in [0.2, 0.25) is 0 Å². The van der Waals surface area contributed by atoms with E-state index in [0.29, 0.717) is 0 Å². The molecule has 1 N–H and O–H groups in total. The van der Waals surface area contributed by atoms with Gasteiger partial charge in [-0.05, 0) is 13.8 Å². The first kappa shape index (κ1) is 9.70. The number of rotatable bonds is 3. The summed E-state index contributed by atoms with van der Waals surface area (Å²) < 4.78 is 3.24. The number of carbonyl (C=O) groups is 1. The van der Waals surface area contributed by atoms with E-state index in [-0.39, 0.29) is 6.54 Å². The van der Waals surface area contributed by atoms with Crippen LogP contribution in [0.2, 0.25) is 0 Å². The Morgan fingerprint density at radius 1 is 1.53 bits per heavy atom. The van der Waals surface area contributed by atoms with Crippen LogP contribution < -0.4 is 0 Å². The van der Waals surface area contributed by atoms with Crippen molar-refractivity contribution in [2.45, 2.75) is 26.9 Å². The monoisotopic (exact) mass is 208 g/mol. The third kappa shape index (κ3) is 1.58. The predicted octanol–water partition coefficient (Wildman–Crippen LogP) is 0.646. The zero-order chi connectivity index (χ0) is 11.0. The van der Waals surface area contributed by atoms with Gasteiger partial charge in [-0.25, -0.2) is 0 Å². The van der Waals surface area contributed by atoms with Crippen molar-refractivity contribution in [2.24, 2.45) is 0 Å². The third-order valence-electron chi connectivity index (χ3n) is 2.23. The van der Waals surface area contributed by atoms with E-state index in [2.05, 4.69) is 10.2 Å².